The van der Waals surface area contributed by atoms with E-state index >= 15 is 0 Å². The molecule has 0 spiro atoms. The zero-order valence-electron chi connectivity index (χ0n) is 11.0. The molecule has 2 aliphatic heterocycles. The highest BCUT2D eigenvalue weighted by molar-refractivity contribution is 4.90. The Bertz CT molecular complexity index is 339. The second-order valence-corrected chi connectivity index (χ2v) is 5.08. The largest absolute Gasteiger partial charge is 0.394 e. The first-order chi connectivity index (χ1) is 9.86. The molecule has 0 aliphatic carbocycles. The lowest BCUT2D eigenvalue weighted by molar-refractivity contribution is -0.306. The zero-order valence-corrected chi connectivity index (χ0v) is 11.0. The van der Waals surface area contributed by atoms with E-state index in [1.54, 1.807) is 0 Å². The average molecular weight is 312 g/mol. The van der Waals surface area contributed by atoms with Crippen LogP contribution in [0.25, 0.3) is 0 Å². The molecule has 10 nitrogen and oxygen atoms in total. The molecule has 2 aliphatic rings. The molecule has 21 heavy (non-hydrogen) atoms. The number of rotatable bonds is 4. The van der Waals surface area contributed by atoms with Gasteiger partial charge in [-0.05, 0) is 0 Å². The molecule has 0 amide bonds. The van der Waals surface area contributed by atoms with Gasteiger partial charge in [-0.25, -0.2) is 0 Å². The monoisotopic (exact) mass is 312 g/mol. The van der Waals surface area contributed by atoms with E-state index in [9.17, 15) is 30.6 Å². The van der Waals surface area contributed by atoms with E-state index < -0.39 is 61.9 Å². The Hall–Kier alpha value is -0.400. The SMILES string of the molecule is OC[C@H]1O[C@@H](OC[C@@H]2O[C@H](O)[C@@H](O)[C@@H]2O)[C@H](O)[C@H](O)[C@H]1O. The Kier molecular flexibility index (Phi) is 5.48. The minimum Gasteiger partial charge on any atom is -0.394 e. The molecule has 0 saturated carbocycles. The van der Waals surface area contributed by atoms with Crippen LogP contribution in [0.1, 0.15) is 0 Å². The van der Waals surface area contributed by atoms with Crippen molar-refractivity contribution in [2.45, 2.75) is 55.3 Å². The van der Waals surface area contributed by atoms with Crippen molar-refractivity contribution < 1.29 is 50.0 Å². The van der Waals surface area contributed by atoms with Gasteiger partial charge in [0.15, 0.2) is 12.6 Å². The lowest BCUT2D eigenvalue weighted by Crippen LogP contribution is -2.59. The molecular formula is C11H20O10. The van der Waals surface area contributed by atoms with E-state index in [0.717, 1.165) is 0 Å². The van der Waals surface area contributed by atoms with Crippen LogP contribution in [0.4, 0.5) is 0 Å². The normalized spacial score (nSPS) is 51.3. The molecule has 0 aromatic rings. The smallest absolute Gasteiger partial charge is 0.186 e. The van der Waals surface area contributed by atoms with Crippen LogP contribution >= 0.6 is 0 Å². The zero-order chi connectivity index (χ0) is 15.7. The molecule has 7 N–H and O–H groups in total. The van der Waals surface area contributed by atoms with E-state index in [0.29, 0.717) is 0 Å². The summed E-state index contributed by atoms with van der Waals surface area (Å²) in [5.74, 6) is 0. The predicted octanol–water partition coefficient (Wildman–Crippen LogP) is -4.76. The van der Waals surface area contributed by atoms with E-state index in [-0.39, 0.29) is 6.61 Å². The Morgan fingerprint density at radius 1 is 0.714 bits per heavy atom. The van der Waals surface area contributed by atoms with Gasteiger partial charge in [0.05, 0.1) is 13.2 Å². The highest BCUT2D eigenvalue weighted by Crippen LogP contribution is 2.24. The van der Waals surface area contributed by atoms with Crippen molar-refractivity contribution in [1.29, 1.82) is 0 Å². The molecule has 0 radical (unpaired) electrons. The van der Waals surface area contributed by atoms with Crippen molar-refractivity contribution in [3.8, 4) is 0 Å². The lowest BCUT2D eigenvalue weighted by atomic mass is 9.99. The fraction of sp³-hybridized carbons (Fsp3) is 1.00. The molecule has 2 heterocycles. The van der Waals surface area contributed by atoms with Gasteiger partial charge in [-0.15, -0.1) is 0 Å². The number of aliphatic hydroxyl groups excluding tert-OH is 7. The maximum atomic E-state index is 9.72. The quantitative estimate of drug-likeness (QED) is 0.267. The summed E-state index contributed by atoms with van der Waals surface area (Å²) in [6, 6.07) is 0. The first-order valence-corrected chi connectivity index (χ1v) is 6.48. The summed E-state index contributed by atoms with van der Waals surface area (Å²) in [5.41, 5.74) is 0. The van der Waals surface area contributed by atoms with Crippen LogP contribution in [0, 0.1) is 0 Å². The summed E-state index contributed by atoms with van der Waals surface area (Å²) >= 11 is 0. The van der Waals surface area contributed by atoms with Crippen LogP contribution in [0.3, 0.4) is 0 Å². The van der Waals surface area contributed by atoms with Crippen molar-refractivity contribution in [3.05, 3.63) is 0 Å². The van der Waals surface area contributed by atoms with Crippen molar-refractivity contribution in [3.63, 3.8) is 0 Å². The topological polar surface area (TPSA) is 169 Å². The standard InChI is InChI=1S/C11H20O10/c12-1-3-5(13)7(15)9(17)11(21-3)19-2-4-6(14)8(16)10(18)20-4/h3-18H,1-2H2/t3-,4+,5+,6-,7-,8+,9-,10+,11-/m1/s1. The minimum absolute atomic E-state index is 0.349. The molecule has 2 saturated heterocycles. The number of aliphatic hydroxyl groups is 7. The molecule has 2 rings (SSSR count). The van der Waals surface area contributed by atoms with Gasteiger partial charge in [0.25, 0.3) is 0 Å². The first-order valence-electron chi connectivity index (χ1n) is 6.48. The Labute approximate surface area is 119 Å². The van der Waals surface area contributed by atoms with Crippen LogP contribution in [0.15, 0.2) is 0 Å². The van der Waals surface area contributed by atoms with Crippen LogP contribution in [0.5, 0.6) is 0 Å². The number of ether oxygens (including phenoxy) is 3. The average Bonchev–Trinajstić information content (AvgIpc) is 2.71. The molecule has 0 aromatic carbocycles. The molecule has 0 unspecified atom stereocenters. The van der Waals surface area contributed by atoms with Crippen LogP contribution in [-0.2, 0) is 14.2 Å². The van der Waals surface area contributed by atoms with Gasteiger partial charge >= 0.3 is 0 Å². The maximum absolute atomic E-state index is 9.72. The van der Waals surface area contributed by atoms with Crippen molar-refractivity contribution in [2.24, 2.45) is 0 Å². The van der Waals surface area contributed by atoms with Crippen LogP contribution < -0.4 is 0 Å². The van der Waals surface area contributed by atoms with E-state index in [1.807, 2.05) is 0 Å². The van der Waals surface area contributed by atoms with Gasteiger partial charge in [-0.2, -0.15) is 0 Å². The summed E-state index contributed by atoms with van der Waals surface area (Å²) in [4.78, 5) is 0. The van der Waals surface area contributed by atoms with E-state index in [1.165, 1.54) is 0 Å². The van der Waals surface area contributed by atoms with Crippen molar-refractivity contribution in [1.82, 2.24) is 0 Å². The fourth-order valence-electron chi connectivity index (χ4n) is 2.26. The van der Waals surface area contributed by atoms with Crippen molar-refractivity contribution >= 4 is 0 Å². The Morgan fingerprint density at radius 3 is 1.86 bits per heavy atom. The summed E-state index contributed by atoms with van der Waals surface area (Å²) in [7, 11) is 0. The van der Waals surface area contributed by atoms with Gasteiger partial charge < -0.3 is 50.0 Å². The third-order valence-corrected chi connectivity index (χ3v) is 3.61. The molecule has 124 valence electrons. The lowest BCUT2D eigenvalue weighted by Gasteiger charge is -2.39. The summed E-state index contributed by atoms with van der Waals surface area (Å²) < 4.78 is 15.1. The predicted molar refractivity (Wildman–Crippen MR) is 62.6 cm³/mol. The molecule has 10 heteroatoms. The van der Waals surface area contributed by atoms with Crippen LogP contribution in [0.2, 0.25) is 0 Å². The van der Waals surface area contributed by atoms with Gasteiger partial charge in [-0.3, -0.25) is 0 Å². The van der Waals surface area contributed by atoms with E-state index in [2.05, 4.69) is 0 Å². The fourth-order valence-corrected chi connectivity index (χ4v) is 2.26. The number of hydrogen-bond acceptors (Lipinski definition) is 10. The van der Waals surface area contributed by atoms with Crippen molar-refractivity contribution in [2.75, 3.05) is 13.2 Å². The summed E-state index contributed by atoms with van der Waals surface area (Å²) in [6.45, 7) is -0.942. The third-order valence-electron chi connectivity index (χ3n) is 3.61. The van der Waals surface area contributed by atoms with Gasteiger partial charge in [0.2, 0.25) is 0 Å². The van der Waals surface area contributed by atoms with Crippen LogP contribution in [-0.4, -0.2) is 104 Å². The molecule has 0 bridgehead atoms. The molecular weight excluding hydrogens is 292 g/mol. The first kappa shape index (κ1) is 17.0. The highest BCUT2D eigenvalue weighted by Gasteiger charge is 2.46. The highest BCUT2D eigenvalue weighted by atomic mass is 16.7. The van der Waals surface area contributed by atoms with E-state index in [4.69, 9.17) is 19.3 Å². The molecule has 2 fully saturated rings. The Balaban J connectivity index is 1.90. The minimum atomic E-state index is -1.58. The van der Waals surface area contributed by atoms with Gasteiger partial charge in [0.1, 0.15) is 42.7 Å². The van der Waals surface area contributed by atoms with Gasteiger partial charge in [0, 0.05) is 0 Å². The third kappa shape index (κ3) is 3.35. The molecule has 0 aromatic heterocycles. The second-order valence-electron chi connectivity index (χ2n) is 5.08. The summed E-state index contributed by atoms with van der Waals surface area (Å²) in [6.07, 6.45) is -12.6. The van der Waals surface area contributed by atoms with Gasteiger partial charge in [-0.1, -0.05) is 0 Å². The summed E-state index contributed by atoms with van der Waals surface area (Å²) in [5, 5.41) is 66.0. The molecule has 9 atom stereocenters. The number of hydrogen-bond donors (Lipinski definition) is 7. The maximum Gasteiger partial charge on any atom is 0.186 e. The Morgan fingerprint density at radius 2 is 1.33 bits per heavy atom. The second kappa shape index (κ2) is 6.79.